The summed E-state index contributed by atoms with van der Waals surface area (Å²) < 4.78 is 28.7. The molecule has 43 heavy (non-hydrogen) atoms. The lowest BCUT2D eigenvalue weighted by Gasteiger charge is -2.39. The summed E-state index contributed by atoms with van der Waals surface area (Å²) in [5.41, 5.74) is 1.99. The molecule has 0 N–H and O–H groups in total. The fourth-order valence-electron chi connectivity index (χ4n) is 5.65. The fourth-order valence-corrected chi connectivity index (χ4v) is 7.49. The van der Waals surface area contributed by atoms with E-state index in [2.05, 4.69) is 0 Å². The second-order valence-corrected chi connectivity index (χ2v) is 12.5. The Hall–Kier alpha value is -4.39. The van der Waals surface area contributed by atoms with Gasteiger partial charge in [-0.2, -0.15) is 4.21 Å². The van der Waals surface area contributed by atoms with E-state index in [-0.39, 0.29) is 0 Å². The zero-order chi connectivity index (χ0) is 29.6. The smallest absolute Gasteiger partial charge is 0.248 e. The molecule has 0 atom stereocenters. The predicted molar refractivity (Wildman–Crippen MR) is 176 cm³/mol. The summed E-state index contributed by atoms with van der Waals surface area (Å²) in [6.45, 7) is 0. The zero-order valence-corrected chi connectivity index (χ0v) is 25.0. The first-order chi connectivity index (χ1) is 21.0. The standard InChI is InChI=1S/C38H30O3S2/c39-43(42,40-37(31-19-7-1-8-20-31,32-21-9-2-10-22-32)33-23-11-3-12-24-33)41-38(34-25-13-4-14-26-34,35-27-15-5-16-28-35)36-29-17-6-18-30-36/h1-30H. The maximum absolute atomic E-state index is 15.0. The van der Waals surface area contributed by atoms with Gasteiger partial charge in [-0.3, -0.25) is 0 Å². The Morgan fingerprint density at radius 3 is 0.674 bits per heavy atom. The van der Waals surface area contributed by atoms with E-state index in [1.165, 1.54) is 0 Å². The Morgan fingerprint density at radius 1 is 0.349 bits per heavy atom. The van der Waals surface area contributed by atoms with Crippen LogP contribution in [0.4, 0.5) is 0 Å². The van der Waals surface area contributed by atoms with E-state index in [9.17, 15) is 0 Å². The molecule has 0 aliphatic rings. The van der Waals surface area contributed by atoms with Gasteiger partial charge in [0, 0.05) is 11.2 Å². The van der Waals surface area contributed by atoms with Gasteiger partial charge in [0.2, 0.25) is 0 Å². The topological polar surface area (TPSA) is 35.5 Å². The molecule has 0 saturated carbocycles. The normalized spacial score (nSPS) is 12.1. The number of hydrogen-bond donors (Lipinski definition) is 0. The second-order valence-electron chi connectivity index (χ2n) is 10.1. The first kappa shape index (κ1) is 28.7. The summed E-state index contributed by atoms with van der Waals surface area (Å²) in [6.07, 6.45) is 0. The first-order valence-corrected chi connectivity index (χ1v) is 16.4. The van der Waals surface area contributed by atoms with Gasteiger partial charge in [0.15, 0.2) is 11.2 Å². The van der Waals surface area contributed by atoms with Gasteiger partial charge in [-0.05, 0) is 33.4 Å². The lowest BCUT2D eigenvalue weighted by atomic mass is 9.80. The molecule has 0 fully saturated rings. The summed E-state index contributed by atoms with van der Waals surface area (Å²) >= 11 is 5.92. The third-order valence-electron chi connectivity index (χ3n) is 7.54. The van der Waals surface area contributed by atoms with Crippen LogP contribution in [0.15, 0.2) is 182 Å². The van der Waals surface area contributed by atoms with E-state index in [1.807, 2.05) is 182 Å². The first-order valence-electron chi connectivity index (χ1n) is 14.0. The molecule has 0 bridgehead atoms. The highest BCUT2D eigenvalue weighted by Gasteiger charge is 2.46. The molecule has 0 aromatic heterocycles. The Morgan fingerprint density at radius 2 is 0.512 bits per heavy atom. The van der Waals surface area contributed by atoms with Crippen molar-refractivity contribution in [3.8, 4) is 0 Å². The Labute approximate surface area is 258 Å². The van der Waals surface area contributed by atoms with Crippen molar-refractivity contribution in [1.82, 2.24) is 0 Å². The molecular formula is C38H30O3S2. The highest BCUT2D eigenvalue weighted by Crippen LogP contribution is 2.46. The summed E-state index contributed by atoms with van der Waals surface area (Å²) in [5, 5.41) is 0. The molecule has 6 aromatic carbocycles. The molecule has 0 unspecified atom stereocenters. The zero-order valence-electron chi connectivity index (χ0n) is 23.4. The van der Waals surface area contributed by atoms with Crippen molar-refractivity contribution in [2.24, 2.45) is 0 Å². The van der Waals surface area contributed by atoms with Gasteiger partial charge in [-0.1, -0.05) is 182 Å². The molecule has 0 spiro atoms. The summed E-state index contributed by atoms with van der Waals surface area (Å²) in [5.74, 6) is 0. The molecule has 0 aliphatic heterocycles. The molecule has 0 aliphatic carbocycles. The molecule has 3 nitrogen and oxygen atoms in total. The van der Waals surface area contributed by atoms with Crippen molar-refractivity contribution in [2.75, 3.05) is 0 Å². The van der Waals surface area contributed by atoms with Crippen molar-refractivity contribution in [1.29, 1.82) is 0 Å². The van der Waals surface area contributed by atoms with Crippen molar-refractivity contribution in [3.63, 3.8) is 0 Å². The van der Waals surface area contributed by atoms with Gasteiger partial charge in [0.1, 0.15) is 0 Å². The molecule has 6 aromatic rings. The largest absolute Gasteiger partial charge is 0.272 e. The van der Waals surface area contributed by atoms with E-state index in [4.69, 9.17) is 19.6 Å². The molecule has 5 heteroatoms. The van der Waals surface area contributed by atoms with Crippen LogP contribution in [0.1, 0.15) is 33.4 Å². The number of rotatable bonds is 10. The lowest BCUT2D eigenvalue weighted by Crippen LogP contribution is -2.40. The van der Waals surface area contributed by atoms with Gasteiger partial charge < -0.3 is 0 Å². The van der Waals surface area contributed by atoms with Crippen LogP contribution in [-0.4, -0.2) is 4.21 Å². The Kier molecular flexibility index (Phi) is 8.32. The van der Waals surface area contributed by atoms with Crippen LogP contribution in [0.3, 0.4) is 0 Å². The third kappa shape index (κ3) is 5.68. The van der Waals surface area contributed by atoms with Gasteiger partial charge >= 0.3 is 0 Å². The monoisotopic (exact) mass is 598 g/mol. The summed E-state index contributed by atoms with van der Waals surface area (Å²) in [7, 11) is -3.95. The van der Waals surface area contributed by atoms with Gasteiger partial charge in [-0.25, -0.2) is 8.37 Å². The second kappa shape index (κ2) is 12.5. The molecule has 212 valence electrons. The number of benzene rings is 6. The average Bonchev–Trinajstić information content (AvgIpc) is 3.08. The third-order valence-corrected chi connectivity index (χ3v) is 8.85. The number of hydrogen-bond acceptors (Lipinski definition) is 4. The molecule has 0 saturated heterocycles. The molecule has 6 rings (SSSR count). The summed E-state index contributed by atoms with van der Waals surface area (Å²) in [6, 6.07) is 58.4. The van der Waals surface area contributed by atoms with Crippen molar-refractivity contribution in [2.45, 2.75) is 11.2 Å². The van der Waals surface area contributed by atoms with Gasteiger partial charge in [0.25, 0.3) is 9.05 Å². The average molecular weight is 599 g/mol. The minimum absolute atomic E-state index is 0.776. The van der Waals surface area contributed by atoms with E-state index in [0.717, 1.165) is 33.4 Å². The van der Waals surface area contributed by atoms with Crippen molar-refractivity contribution >= 4 is 20.2 Å². The van der Waals surface area contributed by atoms with E-state index >= 15 is 4.21 Å². The highest BCUT2D eigenvalue weighted by atomic mass is 32.9. The quantitative estimate of drug-likeness (QED) is 0.148. The van der Waals surface area contributed by atoms with Crippen LogP contribution in [-0.2, 0) is 39.8 Å². The molecular weight excluding hydrogens is 569 g/mol. The van der Waals surface area contributed by atoms with Crippen LogP contribution < -0.4 is 0 Å². The van der Waals surface area contributed by atoms with Crippen LogP contribution in [0.5, 0.6) is 0 Å². The van der Waals surface area contributed by atoms with Crippen LogP contribution >= 0.6 is 0 Å². The van der Waals surface area contributed by atoms with E-state index in [0.29, 0.717) is 0 Å². The molecule has 0 heterocycles. The van der Waals surface area contributed by atoms with Crippen molar-refractivity contribution in [3.05, 3.63) is 215 Å². The van der Waals surface area contributed by atoms with E-state index in [1.54, 1.807) is 0 Å². The highest BCUT2D eigenvalue weighted by molar-refractivity contribution is 8.27. The maximum Gasteiger partial charge on any atom is 0.272 e. The van der Waals surface area contributed by atoms with Crippen LogP contribution in [0, 0.1) is 0 Å². The van der Waals surface area contributed by atoms with Crippen molar-refractivity contribution < 1.29 is 12.6 Å². The predicted octanol–water partition coefficient (Wildman–Crippen LogP) is 8.58. The van der Waals surface area contributed by atoms with E-state index < -0.39 is 20.3 Å². The Bertz CT molecular complexity index is 1520. The Balaban J connectivity index is 1.60. The van der Waals surface area contributed by atoms with Gasteiger partial charge in [0.05, 0.1) is 0 Å². The van der Waals surface area contributed by atoms with Gasteiger partial charge in [-0.15, -0.1) is 0 Å². The minimum Gasteiger partial charge on any atom is -0.248 e. The van der Waals surface area contributed by atoms with Crippen LogP contribution in [0.25, 0.3) is 0 Å². The fraction of sp³-hybridized carbons (Fsp3) is 0.0526. The maximum atomic E-state index is 15.0. The lowest BCUT2D eigenvalue weighted by molar-refractivity contribution is 0.0972. The molecule has 0 radical (unpaired) electrons. The SMILES string of the molecule is O=S(=S)(OC(c1ccccc1)(c1ccccc1)c1ccccc1)OC(c1ccccc1)(c1ccccc1)c1ccccc1. The van der Waals surface area contributed by atoms with Crippen LogP contribution in [0.2, 0.25) is 0 Å². The molecule has 0 amide bonds. The summed E-state index contributed by atoms with van der Waals surface area (Å²) in [4.78, 5) is 0. The minimum atomic E-state index is -3.95.